The maximum atomic E-state index is 11.9. The Bertz CT molecular complexity index is 568. The molecule has 0 fully saturated rings. The number of hydrogen-bond donors (Lipinski definition) is 2. The van der Waals surface area contributed by atoms with Crippen molar-refractivity contribution < 1.29 is 32.6 Å². The highest BCUT2D eigenvalue weighted by Gasteiger charge is 2.29. The van der Waals surface area contributed by atoms with Crippen LogP contribution in [-0.2, 0) is 22.4 Å². The molecular weight excluding hydrogens is 311 g/mol. The predicted molar refractivity (Wildman–Crippen MR) is 68.8 cm³/mol. The van der Waals surface area contributed by atoms with E-state index in [1.807, 2.05) is 0 Å². The zero-order valence-corrected chi connectivity index (χ0v) is 11.6. The molecule has 0 saturated carbocycles. The molecule has 0 unspecified atom stereocenters. The van der Waals surface area contributed by atoms with Gasteiger partial charge in [-0.1, -0.05) is 0 Å². The minimum Gasteiger partial charge on any atom is -0.478 e. The fourth-order valence-electron chi connectivity index (χ4n) is 2.14. The van der Waals surface area contributed by atoms with Crippen molar-refractivity contribution in [3.05, 3.63) is 16.0 Å². The SMILES string of the molecule is O=C(COCC(F)(F)F)Nc1sc2c(c1C(=O)O)CCC2. The van der Waals surface area contributed by atoms with Crippen LogP contribution >= 0.6 is 11.3 Å². The zero-order valence-electron chi connectivity index (χ0n) is 10.7. The fraction of sp³-hybridized carbons (Fsp3) is 0.500. The van der Waals surface area contributed by atoms with Crippen molar-refractivity contribution in [1.29, 1.82) is 0 Å². The number of rotatable bonds is 5. The van der Waals surface area contributed by atoms with Crippen molar-refractivity contribution in [2.45, 2.75) is 25.4 Å². The van der Waals surface area contributed by atoms with Gasteiger partial charge in [-0.15, -0.1) is 11.3 Å². The van der Waals surface area contributed by atoms with E-state index in [9.17, 15) is 27.9 Å². The lowest BCUT2D eigenvalue weighted by Gasteiger charge is -2.08. The van der Waals surface area contributed by atoms with Crippen LogP contribution in [0.2, 0.25) is 0 Å². The molecule has 0 spiro atoms. The van der Waals surface area contributed by atoms with E-state index >= 15 is 0 Å². The first-order valence-corrected chi connectivity index (χ1v) is 6.92. The Morgan fingerprint density at radius 3 is 2.67 bits per heavy atom. The van der Waals surface area contributed by atoms with Crippen molar-refractivity contribution in [2.24, 2.45) is 0 Å². The number of thiophene rings is 1. The molecule has 0 radical (unpaired) electrons. The van der Waals surface area contributed by atoms with Gasteiger partial charge in [-0.25, -0.2) is 4.79 Å². The Labute approximate surface area is 121 Å². The average Bonchev–Trinajstić information content (AvgIpc) is 2.85. The van der Waals surface area contributed by atoms with Crippen molar-refractivity contribution >= 4 is 28.2 Å². The zero-order chi connectivity index (χ0) is 15.6. The summed E-state index contributed by atoms with van der Waals surface area (Å²) >= 11 is 1.15. The quantitative estimate of drug-likeness (QED) is 0.873. The Morgan fingerprint density at radius 2 is 2.05 bits per heavy atom. The molecule has 21 heavy (non-hydrogen) atoms. The predicted octanol–water partition coefficient (Wildman–Crippen LogP) is 2.45. The molecule has 1 aromatic heterocycles. The van der Waals surface area contributed by atoms with Crippen LogP contribution in [0.15, 0.2) is 0 Å². The summed E-state index contributed by atoms with van der Waals surface area (Å²) in [5.41, 5.74) is 0.746. The van der Waals surface area contributed by atoms with Crippen molar-refractivity contribution in [1.82, 2.24) is 0 Å². The highest BCUT2D eigenvalue weighted by molar-refractivity contribution is 7.17. The number of fused-ring (bicyclic) bond motifs is 1. The second kappa shape index (κ2) is 6.02. The van der Waals surface area contributed by atoms with E-state index in [1.165, 1.54) is 0 Å². The Morgan fingerprint density at radius 1 is 1.33 bits per heavy atom. The molecule has 2 rings (SSSR count). The summed E-state index contributed by atoms with van der Waals surface area (Å²) in [4.78, 5) is 23.7. The van der Waals surface area contributed by atoms with Crippen LogP contribution in [0.4, 0.5) is 18.2 Å². The van der Waals surface area contributed by atoms with Gasteiger partial charge in [0.1, 0.15) is 18.2 Å². The molecule has 1 heterocycles. The van der Waals surface area contributed by atoms with Gasteiger partial charge in [0, 0.05) is 4.88 Å². The molecular formula is C12H12F3NO4S. The fourth-order valence-corrected chi connectivity index (χ4v) is 3.44. The molecule has 1 aliphatic rings. The number of anilines is 1. The molecule has 0 aromatic carbocycles. The number of aryl methyl sites for hydroxylation is 1. The Kier molecular flexibility index (Phi) is 4.52. The lowest BCUT2D eigenvalue weighted by Crippen LogP contribution is -2.24. The first-order chi connectivity index (χ1) is 9.78. The molecule has 1 aromatic rings. The number of halogens is 3. The number of amides is 1. The molecule has 116 valence electrons. The highest BCUT2D eigenvalue weighted by Crippen LogP contribution is 2.39. The summed E-state index contributed by atoms with van der Waals surface area (Å²) < 4.78 is 39.9. The van der Waals surface area contributed by atoms with Gasteiger partial charge in [-0.3, -0.25) is 4.79 Å². The Balaban J connectivity index is 2.00. The van der Waals surface area contributed by atoms with E-state index < -0.39 is 31.3 Å². The number of nitrogens with one attached hydrogen (secondary N) is 1. The first kappa shape index (κ1) is 15.8. The van der Waals surface area contributed by atoms with E-state index in [2.05, 4.69) is 10.1 Å². The maximum Gasteiger partial charge on any atom is 0.411 e. The van der Waals surface area contributed by atoms with Crippen molar-refractivity contribution in [3.8, 4) is 0 Å². The molecule has 2 N–H and O–H groups in total. The van der Waals surface area contributed by atoms with E-state index in [-0.39, 0.29) is 10.6 Å². The molecule has 1 amide bonds. The van der Waals surface area contributed by atoms with Crippen molar-refractivity contribution in [2.75, 3.05) is 18.5 Å². The summed E-state index contributed by atoms with van der Waals surface area (Å²) in [5, 5.41) is 11.7. The number of carboxylic acid groups (broad SMARTS) is 1. The van der Waals surface area contributed by atoms with Crippen LogP contribution in [0.1, 0.15) is 27.2 Å². The summed E-state index contributed by atoms with van der Waals surface area (Å²) in [6, 6.07) is 0. The van der Waals surface area contributed by atoms with Gasteiger partial charge in [0.25, 0.3) is 5.91 Å². The van der Waals surface area contributed by atoms with E-state index in [0.29, 0.717) is 12.0 Å². The standard InChI is InChI=1S/C12H12F3NO4S/c13-12(14,15)5-20-4-8(17)16-10-9(11(18)19)6-2-1-3-7(6)21-10/h1-5H2,(H,16,17)(H,18,19). The summed E-state index contributed by atoms with van der Waals surface area (Å²) in [6.07, 6.45) is -2.25. The van der Waals surface area contributed by atoms with Gasteiger partial charge in [-0.05, 0) is 24.8 Å². The van der Waals surface area contributed by atoms with Gasteiger partial charge >= 0.3 is 12.1 Å². The summed E-state index contributed by atoms with van der Waals surface area (Å²) in [6.45, 7) is -2.30. The van der Waals surface area contributed by atoms with Crippen LogP contribution in [-0.4, -0.2) is 36.4 Å². The third-order valence-electron chi connectivity index (χ3n) is 2.89. The summed E-state index contributed by atoms with van der Waals surface area (Å²) in [5.74, 6) is -1.96. The van der Waals surface area contributed by atoms with E-state index in [1.54, 1.807) is 0 Å². The second-order valence-corrected chi connectivity index (χ2v) is 5.63. The van der Waals surface area contributed by atoms with Crippen LogP contribution in [0.25, 0.3) is 0 Å². The minimum absolute atomic E-state index is 0.0386. The number of carbonyl (C=O) groups excluding carboxylic acids is 1. The number of alkyl halides is 3. The smallest absolute Gasteiger partial charge is 0.411 e. The molecule has 0 aliphatic heterocycles. The largest absolute Gasteiger partial charge is 0.478 e. The lowest BCUT2D eigenvalue weighted by atomic mass is 10.1. The second-order valence-electron chi connectivity index (χ2n) is 4.52. The van der Waals surface area contributed by atoms with E-state index in [4.69, 9.17) is 0 Å². The normalized spacial score (nSPS) is 14.0. The number of aromatic carboxylic acids is 1. The van der Waals surface area contributed by atoms with Gasteiger partial charge < -0.3 is 15.2 Å². The number of carbonyl (C=O) groups is 2. The van der Waals surface area contributed by atoms with Crippen LogP contribution in [0.5, 0.6) is 0 Å². The molecule has 0 atom stereocenters. The topological polar surface area (TPSA) is 75.6 Å². The van der Waals surface area contributed by atoms with Crippen LogP contribution < -0.4 is 5.32 Å². The van der Waals surface area contributed by atoms with Gasteiger partial charge in [-0.2, -0.15) is 13.2 Å². The van der Waals surface area contributed by atoms with E-state index in [0.717, 1.165) is 29.1 Å². The molecule has 9 heteroatoms. The van der Waals surface area contributed by atoms with Gasteiger partial charge in [0.05, 0.1) is 5.56 Å². The number of hydrogen-bond acceptors (Lipinski definition) is 4. The average molecular weight is 323 g/mol. The minimum atomic E-state index is -4.50. The van der Waals surface area contributed by atoms with Crippen LogP contribution in [0, 0.1) is 0 Å². The monoisotopic (exact) mass is 323 g/mol. The van der Waals surface area contributed by atoms with Crippen LogP contribution in [0.3, 0.4) is 0 Å². The lowest BCUT2D eigenvalue weighted by molar-refractivity contribution is -0.174. The maximum absolute atomic E-state index is 11.9. The van der Waals surface area contributed by atoms with Crippen molar-refractivity contribution in [3.63, 3.8) is 0 Å². The third-order valence-corrected chi connectivity index (χ3v) is 4.09. The van der Waals surface area contributed by atoms with Gasteiger partial charge in [0.2, 0.25) is 0 Å². The number of ether oxygens (including phenoxy) is 1. The Hall–Kier alpha value is -1.61. The van der Waals surface area contributed by atoms with Gasteiger partial charge in [0.15, 0.2) is 0 Å². The number of carboxylic acids is 1. The molecule has 0 bridgehead atoms. The molecule has 0 saturated heterocycles. The molecule has 1 aliphatic carbocycles. The third kappa shape index (κ3) is 3.94. The molecule has 5 nitrogen and oxygen atoms in total. The highest BCUT2D eigenvalue weighted by atomic mass is 32.1. The summed E-state index contributed by atoms with van der Waals surface area (Å²) in [7, 11) is 0. The first-order valence-electron chi connectivity index (χ1n) is 6.10.